The van der Waals surface area contributed by atoms with Gasteiger partial charge in [0, 0.05) is 20.2 Å². The summed E-state index contributed by atoms with van der Waals surface area (Å²) in [6.45, 7) is 2.63. The van der Waals surface area contributed by atoms with E-state index in [4.69, 9.17) is 16.3 Å². The second-order valence-electron chi connectivity index (χ2n) is 4.18. The number of thiazole rings is 1. The Morgan fingerprint density at radius 1 is 1.44 bits per heavy atom. The summed E-state index contributed by atoms with van der Waals surface area (Å²) in [5.74, 6) is 0. The Morgan fingerprint density at radius 2 is 2.06 bits per heavy atom. The minimum atomic E-state index is -3.45. The van der Waals surface area contributed by atoms with Crippen molar-refractivity contribution in [1.29, 1.82) is 0 Å². The lowest BCUT2D eigenvalue weighted by molar-refractivity contribution is 0.0605. The van der Waals surface area contributed by atoms with E-state index in [0.29, 0.717) is 18.8 Å². The second kappa shape index (κ2) is 5.42. The molecule has 0 bridgehead atoms. The third-order valence-corrected chi connectivity index (χ3v) is 6.78. The van der Waals surface area contributed by atoms with E-state index < -0.39 is 10.0 Å². The first-order chi connectivity index (χ1) is 8.45. The first-order valence-corrected chi connectivity index (χ1v) is 8.24. The smallest absolute Gasteiger partial charge is 0.254 e. The highest BCUT2D eigenvalue weighted by Gasteiger charge is 2.32. The fourth-order valence-corrected chi connectivity index (χ4v) is 5.36. The molecule has 0 saturated carbocycles. The lowest BCUT2D eigenvalue weighted by Crippen LogP contribution is -2.40. The van der Waals surface area contributed by atoms with Crippen LogP contribution < -0.4 is 0 Å². The van der Waals surface area contributed by atoms with Crippen LogP contribution in [0, 0.1) is 6.92 Å². The van der Waals surface area contributed by atoms with Crippen molar-refractivity contribution < 1.29 is 13.2 Å². The molecule has 102 valence electrons. The summed E-state index contributed by atoms with van der Waals surface area (Å²) in [4.78, 5) is 3.96. The molecule has 1 aliphatic rings. The summed E-state index contributed by atoms with van der Waals surface area (Å²) >= 11 is 6.78. The number of sulfonamides is 1. The minimum Gasteiger partial charge on any atom is -0.381 e. The highest BCUT2D eigenvalue weighted by molar-refractivity contribution is 7.91. The predicted molar refractivity (Wildman–Crippen MR) is 70.7 cm³/mol. The third kappa shape index (κ3) is 2.70. The normalized spacial score (nSPS) is 19.3. The van der Waals surface area contributed by atoms with Gasteiger partial charge in [0.1, 0.15) is 0 Å². The first-order valence-electron chi connectivity index (χ1n) is 5.61. The highest BCUT2D eigenvalue weighted by atomic mass is 35.5. The fraction of sp³-hybridized carbons (Fsp3) is 0.700. The Bertz CT molecular complexity index is 521. The van der Waals surface area contributed by atoms with Crippen molar-refractivity contribution in [2.24, 2.45) is 0 Å². The van der Waals surface area contributed by atoms with E-state index in [9.17, 15) is 8.42 Å². The van der Waals surface area contributed by atoms with Gasteiger partial charge < -0.3 is 4.74 Å². The standard InChI is InChI=1S/C10H15ClN2O3S2/c1-7-9(17-10(11)12-7)18(14,15)13-5-3-8(16-2)4-6-13/h8H,3-6H2,1-2H3. The van der Waals surface area contributed by atoms with E-state index in [2.05, 4.69) is 4.98 Å². The van der Waals surface area contributed by atoms with Crippen LogP contribution in [-0.4, -0.2) is 44.0 Å². The number of rotatable bonds is 3. The molecule has 0 spiro atoms. The molecule has 1 aromatic rings. The SMILES string of the molecule is COC1CCN(S(=O)(=O)c2sc(Cl)nc2C)CC1. The van der Waals surface area contributed by atoms with E-state index >= 15 is 0 Å². The van der Waals surface area contributed by atoms with Crippen molar-refractivity contribution in [1.82, 2.24) is 9.29 Å². The van der Waals surface area contributed by atoms with E-state index in [0.717, 1.165) is 24.2 Å². The molecule has 0 amide bonds. The highest BCUT2D eigenvalue weighted by Crippen LogP contribution is 2.30. The molecule has 0 aromatic carbocycles. The van der Waals surface area contributed by atoms with Crippen molar-refractivity contribution in [2.75, 3.05) is 20.2 Å². The molecule has 2 rings (SSSR count). The number of aromatic nitrogens is 1. The number of halogens is 1. The molecular weight excluding hydrogens is 296 g/mol. The van der Waals surface area contributed by atoms with Crippen molar-refractivity contribution in [2.45, 2.75) is 30.1 Å². The average Bonchev–Trinajstić information content (AvgIpc) is 2.69. The Hall–Kier alpha value is -0.210. The van der Waals surface area contributed by atoms with Gasteiger partial charge in [-0.25, -0.2) is 13.4 Å². The largest absolute Gasteiger partial charge is 0.381 e. The molecule has 1 aromatic heterocycles. The van der Waals surface area contributed by atoms with Crippen molar-refractivity contribution in [3.63, 3.8) is 0 Å². The van der Waals surface area contributed by atoms with Gasteiger partial charge in [-0.05, 0) is 19.8 Å². The van der Waals surface area contributed by atoms with Crippen LogP contribution in [0.1, 0.15) is 18.5 Å². The minimum absolute atomic E-state index is 0.155. The van der Waals surface area contributed by atoms with Gasteiger partial charge in [-0.15, -0.1) is 0 Å². The first kappa shape index (κ1) is 14.2. The third-order valence-electron chi connectivity index (χ3n) is 3.04. The molecule has 0 atom stereocenters. The Labute approximate surface area is 116 Å². The monoisotopic (exact) mass is 310 g/mol. The zero-order valence-electron chi connectivity index (χ0n) is 10.2. The zero-order valence-corrected chi connectivity index (χ0v) is 12.6. The lowest BCUT2D eigenvalue weighted by atomic mass is 10.1. The molecule has 1 fully saturated rings. The quantitative estimate of drug-likeness (QED) is 0.855. The molecule has 18 heavy (non-hydrogen) atoms. The van der Waals surface area contributed by atoms with Crippen LogP contribution in [0.2, 0.25) is 4.47 Å². The maximum atomic E-state index is 12.4. The molecule has 8 heteroatoms. The number of nitrogens with zero attached hydrogens (tertiary/aromatic N) is 2. The molecule has 5 nitrogen and oxygen atoms in total. The van der Waals surface area contributed by atoms with Crippen LogP contribution in [0.5, 0.6) is 0 Å². The van der Waals surface area contributed by atoms with Crippen LogP contribution in [0.25, 0.3) is 0 Å². The van der Waals surface area contributed by atoms with Crippen LogP contribution in [0.3, 0.4) is 0 Å². The molecule has 0 aliphatic carbocycles. The van der Waals surface area contributed by atoms with Gasteiger partial charge in [0.05, 0.1) is 11.8 Å². The van der Waals surface area contributed by atoms with Gasteiger partial charge in [-0.2, -0.15) is 4.31 Å². The number of hydrogen-bond donors (Lipinski definition) is 0. The van der Waals surface area contributed by atoms with Crippen LogP contribution >= 0.6 is 22.9 Å². The molecule has 1 aliphatic heterocycles. The van der Waals surface area contributed by atoms with E-state index in [-0.39, 0.29) is 14.8 Å². The number of ether oxygens (including phenoxy) is 1. The van der Waals surface area contributed by atoms with Gasteiger partial charge in [0.2, 0.25) is 0 Å². The van der Waals surface area contributed by atoms with Gasteiger partial charge in [-0.1, -0.05) is 22.9 Å². The summed E-state index contributed by atoms with van der Waals surface area (Å²) < 4.78 is 32.1. The van der Waals surface area contributed by atoms with E-state index in [1.807, 2.05) is 0 Å². The summed E-state index contributed by atoms with van der Waals surface area (Å²) in [6.07, 6.45) is 1.60. The number of methoxy groups -OCH3 is 1. The van der Waals surface area contributed by atoms with Gasteiger partial charge in [-0.3, -0.25) is 0 Å². The molecular formula is C10H15ClN2O3S2. The second-order valence-corrected chi connectivity index (χ2v) is 7.89. The Kier molecular flexibility index (Phi) is 4.28. The summed E-state index contributed by atoms with van der Waals surface area (Å²) in [5, 5.41) is 0. The van der Waals surface area contributed by atoms with E-state index in [1.54, 1.807) is 14.0 Å². The number of hydrogen-bond acceptors (Lipinski definition) is 5. The van der Waals surface area contributed by atoms with Crippen molar-refractivity contribution >= 4 is 33.0 Å². The van der Waals surface area contributed by atoms with Crippen molar-refractivity contribution in [3.8, 4) is 0 Å². The summed E-state index contributed by atoms with van der Waals surface area (Å²) in [6, 6.07) is 0. The predicted octanol–water partition coefficient (Wildman–Crippen LogP) is 1.90. The van der Waals surface area contributed by atoms with Gasteiger partial charge >= 0.3 is 0 Å². The topological polar surface area (TPSA) is 59.5 Å². The van der Waals surface area contributed by atoms with E-state index in [1.165, 1.54) is 4.31 Å². The Balaban J connectivity index is 2.20. The molecule has 2 heterocycles. The van der Waals surface area contributed by atoms with Crippen LogP contribution in [-0.2, 0) is 14.8 Å². The van der Waals surface area contributed by atoms with Crippen molar-refractivity contribution in [3.05, 3.63) is 10.2 Å². The Morgan fingerprint density at radius 3 is 2.50 bits per heavy atom. The lowest BCUT2D eigenvalue weighted by Gasteiger charge is -2.29. The molecule has 0 unspecified atom stereocenters. The van der Waals surface area contributed by atoms with Crippen LogP contribution in [0.15, 0.2) is 4.21 Å². The average molecular weight is 311 g/mol. The summed E-state index contributed by atoms with van der Waals surface area (Å²) in [7, 11) is -1.80. The molecule has 1 saturated heterocycles. The number of piperidine rings is 1. The maximum absolute atomic E-state index is 12.4. The molecule has 0 radical (unpaired) electrons. The van der Waals surface area contributed by atoms with Gasteiger partial charge in [0.25, 0.3) is 10.0 Å². The fourth-order valence-electron chi connectivity index (χ4n) is 2.02. The maximum Gasteiger partial charge on any atom is 0.254 e. The summed E-state index contributed by atoms with van der Waals surface area (Å²) in [5.41, 5.74) is 0.471. The molecule has 0 N–H and O–H groups in total. The zero-order chi connectivity index (χ0) is 13.3. The number of aryl methyl sites for hydroxylation is 1. The van der Waals surface area contributed by atoms with Gasteiger partial charge in [0.15, 0.2) is 8.68 Å². The van der Waals surface area contributed by atoms with Crippen LogP contribution in [0.4, 0.5) is 0 Å².